The molecule has 0 saturated heterocycles. The zero-order valence-electron chi connectivity index (χ0n) is 12.8. The summed E-state index contributed by atoms with van der Waals surface area (Å²) in [5.41, 5.74) is 1.08. The molecule has 1 unspecified atom stereocenters. The monoisotopic (exact) mass is 337 g/mol. The van der Waals surface area contributed by atoms with Gasteiger partial charge in [-0.1, -0.05) is 55.0 Å². The second-order valence-electron chi connectivity index (χ2n) is 5.17. The molecule has 0 saturated carbocycles. The molecule has 0 radical (unpaired) electrons. The zero-order valence-corrected chi connectivity index (χ0v) is 13.6. The number of hydrogen-bond acceptors (Lipinski definition) is 3. The summed E-state index contributed by atoms with van der Waals surface area (Å²) in [6.45, 7) is 3.74. The van der Waals surface area contributed by atoms with E-state index < -0.39 is 16.1 Å². The summed E-state index contributed by atoms with van der Waals surface area (Å²) in [6.07, 6.45) is 5.50. The fourth-order valence-electron chi connectivity index (χ4n) is 2.76. The third-order valence-corrected chi connectivity index (χ3v) is 5.55. The first-order chi connectivity index (χ1) is 11.5. The van der Waals surface area contributed by atoms with E-state index in [9.17, 15) is 13.5 Å². The molecule has 0 bridgehead atoms. The maximum atomic E-state index is 13.2. The van der Waals surface area contributed by atoms with E-state index in [4.69, 9.17) is 6.42 Å². The van der Waals surface area contributed by atoms with Crippen LogP contribution in [0.5, 0.6) is 0 Å². The minimum Gasteiger partial charge on any atom is -0.374 e. The average molecular weight is 337 g/mol. The van der Waals surface area contributed by atoms with Gasteiger partial charge in [-0.05, 0) is 18.2 Å². The van der Waals surface area contributed by atoms with Crippen LogP contribution in [-0.4, -0.2) is 17.5 Å². The number of para-hydroxylation sites is 1. The molecule has 1 aromatic heterocycles. The van der Waals surface area contributed by atoms with Crippen LogP contribution in [0, 0.1) is 12.3 Å². The highest BCUT2D eigenvalue weighted by molar-refractivity contribution is 7.90. The van der Waals surface area contributed by atoms with Crippen LogP contribution < -0.4 is 0 Å². The summed E-state index contributed by atoms with van der Waals surface area (Å²) < 4.78 is 27.4. The van der Waals surface area contributed by atoms with Gasteiger partial charge in [0.1, 0.15) is 0 Å². The van der Waals surface area contributed by atoms with E-state index in [1.807, 2.05) is 0 Å². The first-order valence-electron chi connectivity index (χ1n) is 7.23. The van der Waals surface area contributed by atoms with E-state index in [1.54, 1.807) is 42.5 Å². The molecule has 0 aliphatic rings. The molecule has 0 aliphatic carbocycles. The van der Waals surface area contributed by atoms with Crippen LogP contribution in [0.4, 0.5) is 0 Å². The Bertz CT molecular complexity index is 1060. The van der Waals surface area contributed by atoms with Crippen LogP contribution in [0.25, 0.3) is 17.0 Å². The van der Waals surface area contributed by atoms with Crippen molar-refractivity contribution in [1.82, 2.24) is 3.97 Å². The Morgan fingerprint density at radius 1 is 1.12 bits per heavy atom. The quantitative estimate of drug-likeness (QED) is 0.744. The molecule has 4 nitrogen and oxygen atoms in total. The smallest absolute Gasteiger partial charge is 0.268 e. The molecule has 0 fully saturated rings. The number of benzene rings is 2. The molecule has 1 N–H and O–H groups in total. The van der Waals surface area contributed by atoms with E-state index in [-0.39, 0.29) is 10.6 Å². The second-order valence-corrected chi connectivity index (χ2v) is 6.96. The molecule has 3 aromatic rings. The lowest BCUT2D eigenvalue weighted by atomic mass is 10.1. The number of fused-ring (bicyclic) bond motifs is 1. The average Bonchev–Trinajstić information content (AvgIpc) is 2.96. The first kappa shape index (κ1) is 16.1. The number of aromatic nitrogens is 1. The first-order valence-corrected chi connectivity index (χ1v) is 8.67. The van der Waals surface area contributed by atoms with Crippen molar-refractivity contribution >= 4 is 27.0 Å². The van der Waals surface area contributed by atoms with Crippen molar-refractivity contribution < 1.29 is 13.5 Å². The SMILES string of the molecule is C#CC(O)c1c(C=C)c2ccccc2n1S(=O)(=O)c1ccccc1. The highest BCUT2D eigenvalue weighted by Gasteiger charge is 2.28. The normalized spacial score (nSPS) is 12.7. The fourth-order valence-corrected chi connectivity index (χ4v) is 4.35. The van der Waals surface area contributed by atoms with Gasteiger partial charge in [-0.25, -0.2) is 12.4 Å². The third kappa shape index (κ3) is 2.33. The summed E-state index contributed by atoms with van der Waals surface area (Å²) in [5.74, 6) is 2.20. The van der Waals surface area contributed by atoms with Crippen LogP contribution in [0.3, 0.4) is 0 Å². The lowest BCUT2D eigenvalue weighted by molar-refractivity contribution is 0.232. The van der Waals surface area contributed by atoms with Gasteiger partial charge in [0.15, 0.2) is 6.10 Å². The van der Waals surface area contributed by atoms with Gasteiger partial charge in [0.25, 0.3) is 10.0 Å². The minimum absolute atomic E-state index is 0.117. The summed E-state index contributed by atoms with van der Waals surface area (Å²) in [6, 6.07) is 15.0. The Morgan fingerprint density at radius 2 is 1.75 bits per heavy atom. The Hall–Kier alpha value is -2.81. The molecule has 3 rings (SSSR count). The highest BCUT2D eigenvalue weighted by atomic mass is 32.2. The van der Waals surface area contributed by atoms with Crippen LogP contribution >= 0.6 is 0 Å². The molecule has 1 atom stereocenters. The van der Waals surface area contributed by atoms with Crippen LogP contribution in [0.1, 0.15) is 17.4 Å². The third-order valence-electron chi connectivity index (χ3n) is 3.81. The van der Waals surface area contributed by atoms with Crippen molar-refractivity contribution in [1.29, 1.82) is 0 Å². The van der Waals surface area contributed by atoms with Crippen molar-refractivity contribution in [2.24, 2.45) is 0 Å². The molecular formula is C19H15NO3S. The van der Waals surface area contributed by atoms with Gasteiger partial charge in [0.05, 0.1) is 16.1 Å². The summed E-state index contributed by atoms with van der Waals surface area (Å²) in [7, 11) is -3.93. The van der Waals surface area contributed by atoms with Gasteiger partial charge in [-0.15, -0.1) is 6.42 Å². The van der Waals surface area contributed by atoms with Crippen LogP contribution in [0.15, 0.2) is 66.1 Å². The van der Waals surface area contributed by atoms with Gasteiger partial charge in [0.2, 0.25) is 0 Å². The largest absolute Gasteiger partial charge is 0.374 e. The lowest BCUT2D eigenvalue weighted by Crippen LogP contribution is -2.17. The molecular weight excluding hydrogens is 322 g/mol. The number of aliphatic hydroxyl groups is 1. The zero-order chi connectivity index (χ0) is 17.3. The lowest BCUT2D eigenvalue weighted by Gasteiger charge is -2.14. The number of nitrogens with zero attached hydrogens (tertiary/aromatic N) is 1. The molecule has 0 amide bonds. The molecule has 120 valence electrons. The van der Waals surface area contributed by atoms with Crippen molar-refractivity contribution in [3.63, 3.8) is 0 Å². The van der Waals surface area contributed by atoms with Crippen LogP contribution in [0.2, 0.25) is 0 Å². The van der Waals surface area contributed by atoms with Gasteiger partial charge in [-0.3, -0.25) is 0 Å². The Kier molecular flexibility index (Phi) is 4.02. The van der Waals surface area contributed by atoms with Gasteiger partial charge in [-0.2, -0.15) is 0 Å². The Balaban J connectivity index is 2.48. The Morgan fingerprint density at radius 3 is 2.38 bits per heavy atom. The predicted octanol–water partition coefficient (Wildman–Crippen LogP) is 3.19. The summed E-state index contributed by atoms with van der Waals surface area (Å²) >= 11 is 0. The highest BCUT2D eigenvalue weighted by Crippen LogP contribution is 2.34. The van der Waals surface area contributed by atoms with E-state index >= 15 is 0 Å². The molecule has 0 aliphatic heterocycles. The summed E-state index contributed by atoms with van der Waals surface area (Å²) in [4.78, 5) is 0.117. The number of terminal acetylenes is 1. The maximum Gasteiger partial charge on any atom is 0.268 e. The number of hydrogen-bond donors (Lipinski definition) is 1. The fraction of sp³-hybridized carbons (Fsp3) is 0.0526. The second kappa shape index (κ2) is 6.00. The van der Waals surface area contributed by atoms with E-state index in [0.29, 0.717) is 16.5 Å². The number of aliphatic hydroxyl groups excluding tert-OH is 1. The standard InChI is InChI=1S/C19H15NO3S/c1-3-15-16-12-8-9-13-17(16)20(19(15)18(21)4-2)24(22,23)14-10-6-5-7-11-14/h2-3,5-13,18,21H,1H2. The van der Waals surface area contributed by atoms with E-state index in [1.165, 1.54) is 18.2 Å². The van der Waals surface area contributed by atoms with Gasteiger partial charge >= 0.3 is 0 Å². The van der Waals surface area contributed by atoms with Crippen molar-refractivity contribution in [3.05, 3.63) is 72.4 Å². The number of rotatable bonds is 4. The van der Waals surface area contributed by atoms with E-state index in [0.717, 1.165) is 3.97 Å². The maximum absolute atomic E-state index is 13.2. The van der Waals surface area contributed by atoms with Crippen molar-refractivity contribution in [3.8, 4) is 12.3 Å². The van der Waals surface area contributed by atoms with Gasteiger partial charge in [0, 0.05) is 10.9 Å². The Labute approximate surface area is 140 Å². The van der Waals surface area contributed by atoms with E-state index in [2.05, 4.69) is 12.5 Å². The summed E-state index contributed by atoms with van der Waals surface area (Å²) in [5, 5.41) is 10.9. The molecule has 5 heteroatoms. The van der Waals surface area contributed by atoms with Crippen molar-refractivity contribution in [2.45, 2.75) is 11.0 Å². The van der Waals surface area contributed by atoms with Crippen molar-refractivity contribution in [2.75, 3.05) is 0 Å². The predicted molar refractivity (Wildman–Crippen MR) is 94.8 cm³/mol. The molecule has 1 heterocycles. The minimum atomic E-state index is -3.93. The molecule has 0 spiro atoms. The molecule has 24 heavy (non-hydrogen) atoms. The van der Waals surface area contributed by atoms with Crippen LogP contribution in [-0.2, 0) is 10.0 Å². The topological polar surface area (TPSA) is 59.3 Å². The molecule has 2 aromatic carbocycles. The van der Waals surface area contributed by atoms with Gasteiger partial charge < -0.3 is 5.11 Å².